The van der Waals surface area contributed by atoms with Gasteiger partial charge in [0.2, 0.25) is 0 Å². The van der Waals surface area contributed by atoms with Gasteiger partial charge in [0.15, 0.2) is 9.84 Å². The Hall–Kier alpha value is -0.640. The second-order valence-electron chi connectivity index (χ2n) is 5.07. The molecule has 1 heterocycles. The minimum absolute atomic E-state index is 0.274. The van der Waals surface area contributed by atoms with Crippen LogP contribution in [-0.4, -0.2) is 56.5 Å². The van der Waals surface area contributed by atoms with E-state index >= 15 is 0 Å². The molecule has 0 aromatic heterocycles. The number of nitrogens with zero attached hydrogens (tertiary/aromatic N) is 2. The Balaban J connectivity index is 2.28. The normalized spacial score (nSPS) is 23.2. The number of nitriles is 1. The molecule has 1 aliphatic rings. The van der Waals surface area contributed by atoms with E-state index in [1.54, 1.807) is 0 Å². The van der Waals surface area contributed by atoms with Gasteiger partial charge in [-0.1, -0.05) is 6.92 Å². The molecule has 0 bridgehead atoms. The van der Waals surface area contributed by atoms with E-state index in [1.807, 2.05) is 13.8 Å². The fourth-order valence-corrected chi connectivity index (χ4v) is 3.48. The van der Waals surface area contributed by atoms with Crippen LogP contribution in [0.3, 0.4) is 0 Å². The van der Waals surface area contributed by atoms with Crippen molar-refractivity contribution in [2.45, 2.75) is 32.2 Å². The number of nitrogens with one attached hydrogen (secondary N) is 1. The van der Waals surface area contributed by atoms with Crippen molar-refractivity contribution in [1.82, 2.24) is 10.2 Å². The molecule has 1 saturated heterocycles. The van der Waals surface area contributed by atoms with Crippen LogP contribution >= 0.6 is 0 Å². The Morgan fingerprint density at radius 2 is 2.00 bits per heavy atom. The summed E-state index contributed by atoms with van der Waals surface area (Å²) < 4.78 is 22.6. The lowest BCUT2D eigenvalue weighted by molar-refractivity contribution is 0.275. The van der Waals surface area contributed by atoms with Gasteiger partial charge in [-0.05, 0) is 32.9 Å². The molecular formula is C12H23N3O2S. The number of hydrogen-bond acceptors (Lipinski definition) is 5. The summed E-state index contributed by atoms with van der Waals surface area (Å²) >= 11 is 0. The molecule has 1 rings (SSSR count). The van der Waals surface area contributed by atoms with E-state index < -0.39 is 15.4 Å². The van der Waals surface area contributed by atoms with Crippen molar-refractivity contribution in [2.75, 3.05) is 37.7 Å². The third-order valence-electron chi connectivity index (χ3n) is 3.40. The quantitative estimate of drug-likeness (QED) is 0.758. The van der Waals surface area contributed by atoms with Gasteiger partial charge in [-0.15, -0.1) is 0 Å². The maximum atomic E-state index is 11.3. The smallest absolute Gasteiger partial charge is 0.152 e. The van der Waals surface area contributed by atoms with Crippen molar-refractivity contribution in [3.63, 3.8) is 0 Å². The van der Waals surface area contributed by atoms with Crippen molar-refractivity contribution in [3.05, 3.63) is 0 Å². The van der Waals surface area contributed by atoms with E-state index in [0.717, 1.165) is 25.9 Å². The van der Waals surface area contributed by atoms with Gasteiger partial charge in [0.25, 0.3) is 0 Å². The average molecular weight is 273 g/mol. The maximum absolute atomic E-state index is 11.3. The van der Waals surface area contributed by atoms with Gasteiger partial charge in [-0.2, -0.15) is 5.26 Å². The molecule has 0 aromatic rings. The minimum Gasteiger partial charge on any atom is -0.301 e. The number of rotatable bonds is 6. The van der Waals surface area contributed by atoms with E-state index in [1.165, 1.54) is 0 Å². The van der Waals surface area contributed by atoms with Crippen LogP contribution < -0.4 is 5.32 Å². The molecule has 0 spiro atoms. The zero-order valence-electron chi connectivity index (χ0n) is 11.3. The lowest BCUT2D eigenvalue weighted by atomic mass is 9.97. The molecule has 18 heavy (non-hydrogen) atoms. The molecule has 1 atom stereocenters. The highest BCUT2D eigenvalue weighted by Gasteiger charge is 2.24. The standard InChI is InChI=1S/C12H23N3O2S/c1-3-14-12(2,11-13)5-4-6-15-7-9-18(16,17)10-8-15/h14H,3-10H2,1-2H3. The summed E-state index contributed by atoms with van der Waals surface area (Å²) in [6.45, 7) is 6.83. The Bertz CT molecular complexity index is 388. The highest BCUT2D eigenvalue weighted by Crippen LogP contribution is 2.12. The fourth-order valence-electron chi connectivity index (χ4n) is 2.20. The first-order valence-electron chi connectivity index (χ1n) is 6.50. The Kier molecular flexibility index (Phi) is 5.57. The SMILES string of the molecule is CCNC(C)(C#N)CCCN1CCS(=O)(=O)CC1. The minimum atomic E-state index is -2.79. The first-order valence-corrected chi connectivity index (χ1v) is 8.32. The molecule has 1 N–H and O–H groups in total. The van der Waals surface area contributed by atoms with Crippen LogP contribution in [0.2, 0.25) is 0 Å². The first kappa shape index (κ1) is 15.4. The van der Waals surface area contributed by atoms with Crippen LogP contribution in [0, 0.1) is 11.3 Å². The molecule has 0 saturated carbocycles. The second-order valence-corrected chi connectivity index (χ2v) is 7.37. The average Bonchev–Trinajstić information content (AvgIpc) is 2.32. The molecule has 5 nitrogen and oxygen atoms in total. The lowest BCUT2D eigenvalue weighted by Gasteiger charge is -2.28. The molecule has 1 fully saturated rings. The highest BCUT2D eigenvalue weighted by molar-refractivity contribution is 7.91. The molecule has 1 unspecified atom stereocenters. The Morgan fingerprint density at radius 3 is 2.50 bits per heavy atom. The molecule has 104 valence electrons. The summed E-state index contributed by atoms with van der Waals surface area (Å²) in [7, 11) is -2.79. The summed E-state index contributed by atoms with van der Waals surface area (Å²) in [6.07, 6.45) is 1.71. The van der Waals surface area contributed by atoms with Crippen molar-refractivity contribution in [3.8, 4) is 6.07 Å². The van der Waals surface area contributed by atoms with E-state index in [-0.39, 0.29) is 11.5 Å². The predicted octanol–water partition coefficient (Wildman–Crippen LogP) is 0.389. The fraction of sp³-hybridized carbons (Fsp3) is 0.917. The second kappa shape index (κ2) is 6.50. The number of hydrogen-bond donors (Lipinski definition) is 1. The largest absolute Gasteiger partial charge is 0.301 e. The topological polar surface area (TPSA) is 73.2 Å². The van der Waals surface area contributed by atoms with Gasteiger partial charge in [0, 0.05) is 13.1 Å². The monoisotopic (exact) mass is 273 g/mol. The molecule has 0 radical (unpaired) electrons. The number of sulfone groups is 1. The molecule has 0 aliphatic carbocycles. The molecule has 6 heteroatoms. The van der Waals surface area contributed by atoms with E-state index in [0.29, 0.717) is 13.1 Å². The van der Waals surface area contributed by atoms with Crippen molar-refractivity contribution in [2.24, 2.45) is 0 Å². The summed E-state index contributed by atoms with van der Waals surface area (Å²) in [5, 5.41) is 12.3. The van der Waals surface area contributed by atoms with Crippen LogP contribution in [-0.2, 0) is 9.84 Å². The lowest BCUT2D eigenvalue weighted by Crippen LogP contribution is -2.43. The van der Waals surface area contributed by atoms with Crippen LogP contribution in [0.25, 0.3) is 0 Å². The summed E-state index contributed by atoms with van der Waals surface area (Å²) in [5.74, 6) is 0.547. The maximum Gasteiger partial charge on any atom is 0.152 e. The van der Waals surface area contributed by atoms with E-state index in [9.17, 15) is 8.42 Å². The summed E-state index contributed by atoms with van der Waals surface area (Å²) in [6, 6.07) is 2.30. The van der Waals surface area contributed by atoms with Gasteiger partial charge in [-0.3, -0.25) is 5.32 Å². The van der Waals surface area contributed by atoms with Gasteiger partial charge in [0.1, 0.15) is 5.54 Å². The molecule has 0 aromatic carbocycles. The van der Waals surface area contributed by atoms with Crippen LogP contribution in [0.1, 0.15) is 26.7 Å². The third kappa shape index (κ3) is 4.92. The molecular weight excluding hydrogens is 250 g/mol. The van der Waals surface area contributed by atoms with Crippen LogP contribution in [0.5, 0.6) is 0 Å². The highest BCUT2D eigenvalue weighted by atomic mass is 32.2. The first-order chi connectivity index (χ1) is 8.41. The van der Waals surface area contributed by atoms with Crippen molar-refractivity contribution >= 4 is 9.84 Å². The third-order valence-corrected chi connectivity index (χ3v) is 5.01. The Morgan fingerprint density at radius 1 is 1.39 bits per heavy atom. The van der Waals surface area contributed by atoms with Crippen LogP contribution in [0.15, 0.2) is 0 Å². The zero-order valence-corrected chi connectivity index (χ0v) is 12.1. The summed E-state index contributed by atoms with van der Waals surface area (Å²) in [4.78, 5) is 2.17. The molecule has 1 aliphatic heterocycles. The van der Waals surface area contributed by atoms with Crippen molar-refractivity contribution in [1.29, 1.82) is 5.26 Å². The van der Waals surface area contributed by atoms with Gasteiger partial charge in [0.05, 0.1) is 17.6 Å². The predicted molar refractivity (Wildman–Crippen MR) is 72.0 cm³/mol. The van der Waals surface area contributed by atoms with Crippen molar-refractivity contribution < 1.29 is 8.42 Å². The van der Waals surface area contributed by atoms with Gasteiger partial charge >= 0.3 is 0 Å². The van der Waals surface area contributed by atoms with E-state index in [4.69, 9.17) is 5.26 Å². The van der Waals surface area contributed by atoms with Crippen LogP contribution in [0.4, 0.5) is 0 Å². The Labute approximate surface area is 110 Å². The van der Waals surface area contributed by atoms with Gasteiger partial charge < -0.3 is 4.90 Å². The van der Waals surface area contributed by atoms with E-state index in [2.05, 4.69) is 16.3 Å². The van der Waals surface area contributed by atoms with Gasteiger partial charge in [-0.25, -0.2) is 8.42 Å². The zero-order chi connectivity index (χ0) is 13.6. The molecule has 0 amide bonds. The summed E-state index contributed by atoms with van der Waals surface area (Å²) in [5.41, 5.74) is -0.462.